The van der Waals surface area contributed by atoms with Gasteiger partial charge in [0.15, 0.2) is 8.32 Å². The van der Waals surface area contributed by atoms with Gasteiger partial charge in [0, 0.05) is 23.0 Å². The third kappa shape index (κ3) is 4.11. The molecule has 0 spiro atoms. The summed E-state index contributed by atoms with van der Waals surface area (Å²) >= 11 is 0. The molecule has 1 aromatic carbocycles. The zero-order chi connectivity index (χ0) is 21.4. The Labute approximate surface area is 178 Å². The van der Waals surface area contributed by atoms with Gasteiger partial charge in [0.1, 0.15) is 12.4 Å². The van der Waals surface area contributed by atoms with Gasteiger partial charge in [0.2, 0.25) is 5.88 Å². The number of para-hydroxylation sites is 1. The monoisotopic (exact) mass is 419 g/mol. The second-order valence-corrected chi connectivity index (χ2v) is 13.9. The molecule has 0 aliphatic rings. The Hall–Kier alpha value is -2.70. The molecule has 0 atom stereocenters. The van der Waals surface area contributed by atoms with E-state index in [0.29, 0.717) is 19.1 Å². The van der Waals surface area contributed by atoms with Crippen molar-refractivity contribution in [3.8, 4) is 11.7 Å². The highest BCUT2D eigenvalue weighted by atomic mass is 28.4. The lowest BCUT2D eigenvalue weighted by Crippen LogP contribution is -2.41. The van der Waals surface area contributed by atoms with Crippen molar-refractivity contribution in [3.05, 3.63) is 60.9 Å². The zero-order valence-corrected chi connectivity index (χ0v) is 19.3. The number of benzene rings is 1. The Morgan fingerprint density at radius 2 is 1.77 bits per heavy atom. The van der Waals surface area contributed by atoms with E-state index in [-0.39, 0.29) is 5.04 Å². The third-order valence-corrected chi connectivity index (χ3v) is 10.5. The van der Waals surface area contributed by atoms with Crippen LogP contribution in [0.4, 0.5) is 0 Å². The van der Waals surface area contributed by atoms with Crippen LogP contribution >= 0.6 is 0 Å². The number of pyridine rings is 2. The Kier molecular flexibility index (Phi) is 5.38. The van der Waals surface area contributed by atoms with Crippen molar-refractivity contribution in [3.63, 3.8) is 0 Å². The van der Waals surface area contributed by atoms with Crippen molar-refractivity contribution in [1.82, 2.24) is 14.5 Å². The standard InChI is InChI=1S/C24H29N3O2Si/c1-24(2,3)30(4,5)29-15-14-28-23-16-19-12-13-27(21(19)17-25-23)22-11-10-18-8-6-7-9-20(18)26-22/h6-13,16-17H,14-15H2,1-5H3. The second kappa shape index (κ2) is 7.85. The predicted molar refractivity (Wildman–Crippen MR) is 125 cm³/mol. The molecule has 0 aliphatic heterocycles. The molecular formula is C24H29N3O2Si. The fourth-order valence-corrected chi connectivity index (χ4v) is 4.17. The van der Waals surface area contributed by atoms with Crippen LogP contribution in [0.2, 0.25) is 18.1 Å². The summed E-state index contributed by atoms with van der Waals surface area (Å²) in [5.74, 6) is 1.49. The summed E-state index contributed by atoms with van der Waals surface area (Å²) in [7, 11) is -1.75. The predicted octanol–water partition coefficient (Wildman–Crippen LogP) is 5.97. The Balaban J connectivity index is 1.47. The number of hydrogen-bond donors (Lipinski definition) is 0. The summed E-state index contributed by atoms with van der Waals surface area (Å²) in [6.07, 6.45) is 3.87. The van der Waals surface area contributed by atoms with Crippen LogP contribution in [0, 0.1) is 0 Å². The fraction of sp³-hybridized carbons (Fsp3) is 0.333. The molecule has 6 heteroatoms. The Morgan fingerprint density at radius 1 is 0.967 bits per heavy atom. The minimum absolute atomic E-state index is 0.198. The number of hydrogen-bond acceptors (Lipinski definition) is 4. The number of rotatable bonds is 6. The van der Waals surface area contributed by atoms with E-state index in [1.165, 1.54) is 0 Å². The van der Waals surface area contributed by atoms with Crippen molar-refractivity contribution < 1.29 is 9.16 Å². The number of aromatic nitrogens is 3. The van der Waals surface area contributed by atoms with E-state index in [4.69, 9.17) is 14.1 Å². The van der Waals surface area contributed by atoms with E-state index >= 15 is 0 Å². The van der Waals surface area contributed by atoms with E-state index in [1.807, 2.05) is 42.7 Å². The molecule has 30 heavy (non-hydrogen) atoms. The molecule has 0 bridgehead atoms. The van der Waals surface area contributed by atoms with Gasteiger partial charge >= 0.3 is 0 Å². The van der Waals surface area contributed by atoms with E-state index in [9.17, 15) is 0 Å². The molecule has 4 aromatic rings. The van der Waals surface area contributed by atoms with Crippen LogP contribution in [-0.4, -0.2) is 36.1 Å². The van der Waals surface area contributed by atoms with Gasteiger partial charge in [0.25, 0.3) is 0 Å². The molecule has 0 fully saturated rings. The molecule has 0 saturated heterocycles. The summed E-state index contributed by atoms with van der Waals surface area (Å²) in [5, 5.41) is 2.40. The molecule has 156 valence electrons. The average molecular weight is 420 g/mol. The smallest absolute Gasteiger partial charge is 0.213 e. The highest BCUT2D eigenvalue weighted by Crippen LogP contribution is 2.36. The highest BCUT2D eigenvalue weighted by molar-refractivity contribution is 6.74. The van der Waals surface area contributed by atoms with Crippen molar-refractivity contribution in [1.29, 1.82) is 0 Å². The topological polar surface area (TPSA) is 49.2 Å². The summed E-state index contributed by atoms with van der Waals surface area (Å²) < 4.78 is 14.1. The summed E-state index contributed by atoms with van der Waals surface area (Å²) in [6.45, 7) is 12.3. The lowest BCUT2D eigenvalue weighted by atomic mass is 10.2. The van der Waals surface area contributed by atoms with Gasteiger partial charge < -0.3 is 9.16 Å². The van der Waals surface area contributed by atoms with E-state index in [1.54, 1.807) is 0 Å². The molecule has 0 aliphatic carbocycles. The molecule has 0 saturated carbocycles. The van der Waals surface area contributed by atoms with Gasteiger partial charge in [-0.3, -0.25) is 4.57 Å². The quantitative estimate of drug-likeness (QED) is 0.285. The zero-order valence-electron chi connectivity index (χ0n) is 18.3. The van der Waals surface area contributed by atoms with Crippen molar-refractivity contribution in [2.24, 2.45) is 0 Å². The normalized spacial score (nSPS) is 12.6. The van der Waals surface area contributed by atoms with Crippen LogP contribution in [0.25, 0.3) is 27.6 Å². The number of ether oxygens (including phenoxy) is 1. The van der Waals surface area contributed by atoms with Gasteiger partial charge in [-0.25, -0.2) is 9.97 Å². The molecule has 3 aromatic heterocycles. The van der Waals surface area contributed by atoms with Crippen LogP contribution in [0.15, 0.2) is 60.9 Å². The summed E-state index contributed by atoms with van der Waals surface area (Å²) in [6, 6.07) is 16.3. The minimum atomic E-state index is -1.75. The van der Waals surface area contributed by atoms with Crippen LogP contribution < -0.4 is 4.74 Å². The first-order valence-electron chi connectivity index (χ1n) is 10.3. The second-order valence-electron chi connectivity index (χ2n) is 9.09. The first-order chi connectivity index (χ1) is 14.2. The molecule has 0 amide bonds. The van der Waals surface area contributed by atoms with E-state index in [2.05, 4.69) is 61.6 Å². The Morgan fingerprint density at radius 3 is 2.57 bits per heavy atom. The van der Waals surface area contributed by atoms with Crippen LogP contribution in [0.1, 0.15) is 20.8 Å². The van der Waals surface area contributed by atoms with Crippen molar-refractivity contribution in [2.75, 3.05) is 13.2 Å². The molecule has 0 unspecified atom stereocenters. The van der Waals surface area contributed by atoms with Gasteiger partial charge in [0.05, 0.1) is 23.8 Å². The lowest BCUT2D eigenvalue weighted by Gasteiger charge is -2.36. The lowest BCUT2D eigenvalue weighted by molar-refractivity contribution is 0.199. The first kappa shape index (κ1) is 20.6. The maximum absolute atomic E-state index is 6.17. The molecule has 0 radical (unpaired) electrons. The van der Waals surface area contributed by atoms with Gasteiger partial charge in [-0.1, -0.05) is 39.0 Å². The van der Waals surface area contributed by atoms with Gasteiger partial charge in [-0.2, -0.15) is 0 Å². The summed E-state index contributed by atoms with van der Waals surface area (Å²) in [4.78, 5) is 9.28. The first-order valence-corrected chi connectivity index (χ1v) is 13.3. The van der Waals surface area contributed by atoms with Crippen molar-refractivity contribution >= 4 is 30.1 Å². The van der Waals surface area contributed by atoms with Gasteiger partial charge in [-0.15, -0.1) is 0 Å². The molecule has 5 nitrogen and oxygen atoms in total. The summed E-state index contributed by atoms with van der Waals surface area (Å²) in [5.41, 5.74) is 1.98. The molecule has 4 rings (SSSR count). The van der Waals surface area contributed by atoms with E-state index in [0.717, 1.165) is 27.6 Å². The van der Waals surface area contributed by atoms with E-state index < -0.39 is 8.32 Å². The van der Waals surface area contributed by atoms with Crippen molar-refractivity contribution in [2.45, 2.75) is 38.9 Å². The van der Waals surface area contributed by atoms with Crippen LogP contribution in [0.5, 0.6) is 5.88 Å². The maximum Gasteiger partial charge on any atom is 0.213 e. The maximum atomic E-state index is 6.17. The largest absolute Gasteiger partial charge is 0.475 e. The number of fused-ring (bicyclic) bond motifs is 2. The van der Waals surface area contributed by atoms with Crippen LogP contribution in [0.3, 0.4) is 0 Å². The SMILES string of the molecule is CC(C)(C)[Si](C)(C)OCCOc1cc2ccn(-c3ccc4ccccc4n3)c2cn1. The van der Waals surface area contributed by atoms with Gasteiger partial charge in [-0.05, 0) is 42.4 Å². The average Bonchev–Trinajstić information content (AvgIpc) is 3.13. The molecule has 3 heterocycles. The van der Waals surface area contributed by atoms with Crippen LogP contribution in [-0.2, 0) is 4.43 Å². The fourth-order valence-electron chi connectivity index (χ4n) is 3.14. The Bertz CT molecular complexity index is 1180. The highest BCUT2D eigenvalue weighted by Gasteiger charge is 2.36. The molecular weight excluding hydrogens is 390 g/mol. The third-order valence-electron chi connectivity index (χ3n) is 5.98. The minimum Gasteiger partial charge on any atom is -0.475 e. The number of nitrogens with zero attached hydrogens (tertiary/aromatic N) is 3. The molecule has 0 N–H and O–H groups in total.